The Balaban J connectivity index is 1.72. The number of hydrogen-bond acceptors (Lipinski definition) is 5. The minimum absolute atomic E-state index is 0.145. The van der Waals surface area contributed by atoms with E-state index in [-0.39, 0.29) is 17.9 Å². The SMILES string of the molecule is [C-]#[N+]c1ccc2ncc3nc(Cc4cc(CF)on4)n([C@@H]4CCO[C@H](C)C4)c3c2c1. The van der Waals surface area contributed by atoms with Crippen molar-refractivity contribution in [3.8, 4) is 0 Å². The van der Waals surface area contributed by atoms with E-state index < -0.39 is 6.67 Å². The molecule has 1 aromatic carbocycles. The molecule has 0 saturated carbocycles. The van der Waals surface area contributed by atoms with Gasteiger partial charge in [0.25, 0.3) is 0 Å². The predicted molar refractivity (Wildman–Crippen MR) is 109 cm³/mol. The van der Waals surface area contributed by atoms with Crippen molar-refractivity contribution in [2.24, 2.45) is 0 Å². The van der Waals surface area contributed by atoms with Crippen molar-refractivity contribution in [2.45, 2.75) is 45.0 Å². The summed E-state index contributed by atoms with van der Waals surface area (Å²) in [5, 5.41) is 4.90. The minimum atomic E-state index is -0.686. The molecule has 5 rings (SSSR count). The fourth-order valence-corrected chi connectivity index (χ4v) is 4.27. The number of ether oxygens (including phenoxy) is 1. The first kappa shape index (κ1) is 18.7. The van der Waals surface area contributed by atoms with Crippen LogP contribution in [0.4, 0.5) is 10.1 Å². The Morgan fingerprint density at radius 2 is 2.20 bits per heavy atom. The summed E-state index contributed by atoms with van der Waals surface area (Å²) in [6.45, 7) is 9.46. The van der Waals surface area contributed by atoms with Gasteiger partial charge in [-0.3, -0.25) is 4.98 Å². The van der Waals surface area contributed by atoms with Gasteiger partial charge >= 0.3 is 0 Å². The van der Waals surface area contributed by atoms with Crippen molar-refractivity contribution < 1.29 is 13.7 Å². The second kappa shape index (κ2) is 7.50. The summed E-state index contributed by atoms with van der Waals surface area (Å²) >= 11 is 0. The lowest BCUT2D eigenvalue weighted by atomic mass is 10.0. The Bertz CT molecular complexity index is 1270. The zero-order chi connectivity index (χ0) is 20.7. The molecule has 4 heterocycles. The Hall–Kier alpha value is -3.31. The molecular formula is C22H20FN5O2. The van der Waals surface area contributed by atoms with Crippen molar-refractivity contribution in [1.82, 2.24) is 19.7 Å². The van der Waals surface area contributed by atoms with E-state index in [4.69, 9.17) is 20.8 Å². The van der Waals surface area contributed by atoms with E-state index in [1.54, 1.807) is 18.3 Å². The molecule has 0 unspecified atom stereocenters. The summed E-state index contributed by atoms with van der Waals surface area (Å²) in [7, 11) is 0. The van der Waals surface area contributed by atoms with Crippen LogP contribution in [-0.4, -0.2) is 32.4 Å². The van der Waals surface area contributed by atoms with Crippen LogP contribution in [0.1, 0.15) is 43.1 Å². The van der Waals surface area contributed by atoms with Gasteiger partial charge < -0.3 is 13.8 Å². The van der Waals surface area contributed by atoms with E-state index in [0.717, 1.165) is 40.6 Å². The molecule has 1 aliphatic heterocycles. The van der Waals surface area contributed by atoms with Crippen LogP contribution in [0.25, 0.3) is 26.8 Å². The molecule has 1 fully saturated rings. The summed E-state index contributed by atoms with van der Waals surface area (Å²) in [4.78, 5) is 13.0. The molecule has 4 aromatic rings. The van der Waals surface area contributed by atoms with Gasteiger partial charge in [-0.25, -0.2) is 14.2 Å². The standard InChI is InChI=1S/C22H20FN5O2/c1-13-7-16(5-6-29-13)28-21(10-15-8-17(11-23)30-27-15)26-20-12-25-19-4-3-14(24-2)9-18(19)22(20)28/h3-4,8-9,12-13,16H,5-7,10-11H2,1H3/t13-,16-/m1/s1. The lowest BCUT2D eigenvalue weighted by Crippen LogP contribution is -2.26. The molecule has 0 amide bonds. The van der Waals surface area contributed by atoms with Crippen molar-refractivity contribution in [3.63, 3.8) is 0 Å². The normalized spacial score (nSPS) is 19.4. The molecule has 1 aliphatic rings. The van der Waals surface area contributed by atoms with E-state index in [1.165, 1.54) is 0 Å². The molecule has 30 heavy (non-hydrogen) atoms. The highest BCUT2D eigenvalue weighted by Gasteiger charge is 2.27. The van der Waals surface area contributed by atoms with E-state index >= 15 is 0 Å². The molecular weight excluding hydrogens is 385 g/mol. The summed E-state index contributed by atoms with van der Waals surface area (Å²) in [5.41, 5.74) is 3.76. The highest BCUT2D eigenvalue weighted by molar-refractivity contribution is 6.03. The van der Waals surface area contributed by atoms with Crippen molar-refractivity contribution in [1.29, 1.82) is 0 Å². The minimum Gasteiger partial charge on any atom is -0.378 e. The molecule has 8 heteroatoms. The Kier molecular flexibility index (Phi) is 4.68. The molecule has 0 bridgehead atoms. The third-order valence-electron chi connectivity index (χ3n) is 5.60. The number of halogens is 1. The second-order valence-electron chi connectivity index (χ2n) is 7.66. The number of aromatic nitrogens is 4. The molecule has 2 atom stereocenters. The van der Waals surface area contributed by atoms with Gasteiger partial charge in [-0.1, -0.05) is 11.2 Å². The highest BCUT2D eigenvalue weighted by Crippen LogP contribution is 2.35. The quantitative estimate of drug-likeness (QED) is 0.451. The fourth-order valence-electron chi connectivity index (χ4n) is 4.27. The van der Waals surface area contributed by atoms with Crippen LogP contribution in [0.15, 0.2) is 35.0 Å². The summed E-state index contributed by atoms with van der Waals surface area (Å²) in [5.74, 6) is 1.03. The lowest BCUT2D eigenvalue weighted by molar-refractivity contribution is 0.00630. The largest absolute Gasteiger partial charge is 0.378 e. The van der Waals surface area contributed by atoms with Gasteiger partial charge in [0.15, 0.2) is 11.4 Å². The number of alkyl halides is 1. The predicted octanol–water partition coefficient (Wildman–Crippen LogP) is 4.92. The van der Waals surface area contributed by atoms with Crippen molar-refractivity contribution >= 4 is 27.6 Å². The van der Waals surface area contributed by atoms with Crippen LogP contribution in [0.3, 0.4) is 0 Å². The third kappa shape index (κ3) is 3.21. The molecule has 0 radical (unpaired) electrons. The zero-order valence-electron chi connectivity index (χ0n) is 16.5. The highest BCUT2D eigenvalue weighted by atomic mass is 19.1. The van der Waals surface area contributed by atoms with Crippen molar-refractivity contribution in [2.75, 3.05) is 6.61 Å². The number of imidazole rings is 1. The van der Waals surface area contributed by atoms with Crippen LogP contribution < -0.4 is 0 Å². The molecule has 7 nitrogen and oxygen atoms in total. The molecule has 152 valence electrons. The van der Waals surface area contributed by atoms with Crippen LogP contribution in [0.2, 0.25) is 0 Å². The van der Waals surface area contributed by atoms with Gasteiger partial charge in [0.2, 0.25) is 0 Å². The number of benzene rings is 1. The van der Waals surface area contributed by atoms with Gasteiger partial charge in [0.1, 0.15) is 18.0 Å². The molecule has 1 saturated heterocycles. The second-order valence-corrected chi connectivity index (χ2v) is 7.66. The number of hydrogen-bond donors (Lipinski definition) is 0. The maximum atomic E-state index is 12.9. The third-order valence-corrected chi connectivity index (χ3v) is 5.60. The lowest BCUT2D eigenvalue weighted by Gasteiger charge is -2.30. The van der Waals surface area contributed by atoms with E-state index in [0.29, 0.717) is 24.4 Å². The van der Waals surface area contributed by atoms with Crippen LogP contribution in [0.5, 0.6) is 0 Å². The van der Waals surface area contributed by atoms with Gasteiger partial charge in [-0.05, 0) is 31.9 Å². The van der Waals surface area contributed by atoms with Gasteiger partial charge in [0.05, 0.1) is 42.0 Å². The maximum Gasteiger partial charge on any atom is 0.188 e. The first-order chi connectivity index (χ1) is 14.7. The van der Waals surface area contributed by atoms with Gasteiger partial charge in [0, 0.05) is 24.1 Å². The smallest absolute Gasteiger partial charge is 0.188 e. The average Bonchev–Trinajstić information content (AvgIpc) is 3.37. The summed E-state index contributed by atoms with van der Waals surface area (Å²) in [6, 6.07) is 7.35. The zero-order valence-corrected chi connectivity index (χ0v) is 16.5. The average molecular weight is 405 g/mol. The van der Waals surface area contributed by atoms with E-state index in [9.17, 15) is 4.39 Å². The first-order valence-electron chi connectivity index (χ1n) is 9.95. The Morgan fingerprint density at radius 3 is 2.97 bits per heavy atom. The van der Waals surface area contributed by atoms with Crippen molar-refractivity contribution in [3.05, 3.63) is 59.2 Å². The van der Waals surface area contributed by atoms with Crippen LogP contribution in [0, 0.1) is 6.57 Å². The fraction of sp³-hybridized carbons (Fsp3) is 0.364. The monoisotopic (exact) mass is 405 g/mol. The summed E-state index contributed by atoms with van der Waals surface area (Å²) in [6.07, 6.45) is 4.07. The number of rotatable bonds is 4. The molecule has 0 spiro atoms. The molecule has 0 N–H and O–H groups in total. The van der Waals surface area contributed by atoms with Gasteiger partial charge in [-0.2, -0.15) is 0 Å². The Morgan fingerprint density at radius 1 is 1.30 bits per heavy atom. The molecule has 0 aliphatic carbocycles. The molecule has 3 aromatic heterocycles. The van der Waals surface area contributed by atoms with Crippen LogP contribution in [-0.2, 0) is 17.8 Å². The number of fused-ring (bicyclic) bond motifs is 3. The van der Waals surface area contributed by atoms with E-state index in [2.05, 4.69) is 26.5 Å². The van der Waals surface area contributed by atoms with E-state index in [1.807, 2.05) is 12.1 Å². The number of nitrogens with zero attached hydrogens (tertiary/aromatic N) is 5. The Labute approximate surface area is 172 Å². The van der Waals surface area contributed by atoms with Gasteiger partial charge in [-0.15, -0.1) is 0 Å². The van der Waals surface area contributed by atoms with Crippen LogP contribution >= 0.6 is 0 Å². The first-order valence-corrected chi connectivity index (χ1v) is 9.95. The number of pyridine rings is 1. The topological polar surface area (TPSA) is 70.3 Å². The maximum absolute atomic E-state index is 12.9. The summed E-state index contributed by atoms with van der Waals surface area (Å²) < 4.78 is 25.9.